The van der Waals surface area contributed by atoms with Gasteiger partial charge in [-0.3, -0.25) is 4.79 Å². The SMILES string of the molecule is CCCCOc1cccc(CCNC(CC)CN(CCCC)C(C)=O)c1. The molecule has 1 aromatic carbocycles. The van der Waals surface area contributed by atoms with Crippen LogP contribution in [0.3, 0.4) is 0 Å². The Bertz CT molecular complexity index is 505. The molecule has 0 aromatic heterocycles. The third-order valence-electron chi connectivity index (χ3n) is 4.67. The summed E-state index contributed by atoms with van der Waals surface area (Å²) < 4.78 is 5.79. The second-order valence-electron chi connectivity index (χ2n) is 6.98. The summed E-state index contributed by atoms with van der Waals surface area (Å²) in [6.07, 6.45) is 6.42. The van der Waals surface area contributed by atoms with E-state index in [2.05, 4.69) is 44.3 Å². The smallest absolute Gasteiger partial charge is 0.219 e. The highest BCUT2D eigenvalue weighted by Crippen LogP contribution is 2.14. The van der Waals surface area contributed by atoms with Crippen LogP contribution in [0.5, 0.6) is 5.75 Å². The molecule has 1 N–H and O–H groups in total. The molecule has 1 amide bonds. The normalized spacial score (nSPS) is 12.0. The molecule has 4 nitrogen and oxygen atoms in total. The number of hydrogen-bond acceptors (Lipinski definition) is 3. The second-order valence-corrected chi connectivity index (χ2v) is 6.98. The van der Waals surface area contributed by atoms with Gasteiger partial charge in [0.2, 0.25) is 5.91 Å². The molecule has 1 aromatic rings. The Balaban J connectivity index is 2.43. The minimum absolute atomic E-state index is 0.177. The highest BCUT2D eigenvalue weighted by molar-refractivity contribution is 5.73. The van der Waals surface area contributed by atoms with Crippen molar-refractivity contribution < 1.29 is 9.53 Å². The third-order valence-corrected chi connectivity index (χ3v) is 4.67. The van der Waals surface area contributed by atoms with Gasteiger partial charge >= 0.3 is 0 Å². The monoisotopic (exact) mass is 362 g/mol. The van der Waals surface area contributed by atoms with Gasteiger partial charge in [-0.15, -0.1) is 0 Å². The molecule has 0 radical (unpaired) electrons. The first-order chi connectivity index (χ1) is 12.6. The van der Waals surface area contributed by atoms with E-state index < -0.39 is 0 Å². The van der Waals surface area contributed by atoms with Crippen molar-refractivity contribution in [3.8, 4) is 5.75 Å². The molecule has 0 bridgehead atoms. The summed E-state index contributed by atoms with van der Waals surface area (Å²) in [5.74, 6) is 1.14. The highest BCUT2D eigenvalue weighted by atomic mass is 16.5. The molecule has 148 valence electrons. The lowest BCUT2D eigenvalue weighted by Crippen LogP contribution is -2.43. The van der Waals surface area contributed by atoms with Crippen molar-refractivity contribution in [1.82, 2.24) is 10.2 Å². The maximum absolute atomic E-state index is 11.8. The molecular formula is C22H38N2O2. The van der Waals surface area contributed by atoms with Crippen LogP contribution < -0.4 is 10.1 Å². The van der Waals surface area contributed by atoms with Gasteiger partial charge in [0.25, 0.3) is 0 Å². The predicted molar refractivity (Wildman–Crippen MR) is 110 cm³/mol. The fourth-order valence-electron chi connectivity index (χ4n) is 2.88. The first-order valence-corrected chi connectivity index (χ1v) is 10.3. The molecule has 4 heteroatoms. The number of amides is 1. The Hall–Kier alpha value is -1.55. The summed E-state index contributed by atoms with van der Waals surface area (Å²) in [7, 11) is 0. The average Bonchev–Trinajstić information content (AvgIpc) is 2.64. The molecule has 0 saturated heterocycles. The van der Waals surface area contributed by atoms with Crippen LogP contribution in [-0.4, -0.2) is 43.1 Å². The lowest BCUT2D eigenvalue weighted by molar-refractivity contribution is -0.129. The topological polar surface area (TPSA) is 41.6 Å². The number of benzene rings is 1. The Morgan fingerprint density at radius 3 is 2.62 bits per heavy atom. The van der Waals surface area contributed by atoms with Crippen LogP contribution >= 0.6 is 0 Å². The Kier molecular flexibility index (Phi) is 11.8. The zero-order valence-electron chi connectivity index (χ0n) is 17.2. The van der Waals surface area contributed by atoms with Crippen LogP contribution in [-0.2, 0) is 11.2 Å². The molecule has 0 aliphatic rings. The van der Waals surface area contributed by atoms with Crippen LogP contribution in [0.4, 0.5) is 0 Å². The zero-order chi connectivity index (χ0) is 19.2. The number of ether oxygens (including phenoxy) is 1. The van der Waals surface area contributed by atoms with Crippen molar-refractivity contribution in [3.63, 3.8) is 0 Å². The molecule has 0 heterocycles. The first kappa shape index (κ1) is 22.5. The molecule has 1 atom stereocenters. The fraction of sp³-hybridized carbons (Fsp3) is 0.682. The van der Waals surface area contributed by atoms with Gasteiger partial charge in [0, 0.05) is 26.1 Å². The van der Waals surface area contributed by atoms with E-state index in [0.29, 0.717) is 6.04 Å². The van der Waals surface area contributed by atoms with Crippen molar-refractivity contribution >= 4 is 5.91 Å². The molecule has 0 fully saturated rings. The van der Waals surface area contributed by atoms with E-state index in [9.17, 15) is 4.79 Å². The molecule has 0 aliphatic carbocycles. The zero-order valence-corrected chi connectivity index (χ0v) is 17.2. The number of carbonyl (C=O) groups is 1. The maximum atomic E-state index is 11.8. The number of hydrogen-bond donors (Lipinski definition) is 1. The largest absolute Gasteiger partial charge is 0.494 e. The molecule has 0 saturated carbocycles. The van der Waals surface area contributed by atoms with Gasteiger partial charge in [-0.2, -0.15) is 0 Å². The summed E-state index contributed by atoms with van der Waals surface area (Å²) in [5.41, 5.74) is 1.29. The van der Waals surface area contributed by atoms with Crippen molar-refractivity contribution in [2.45, 2.75) is 72.3 Å². The minimum Gasteiger partial charge on any atom is -0.494 e. The fourth-order valence-corrected chi connectivity index (χ4v) is 2.88. The van der Waals surface area contributed by atoms with E-state index in [-0.39, 0.29) is 5.91 Å². The van der Waals surface area contributed by atoms with E-state index in [0.717, 1.165) is 70.5 Å². The van der Waals surface area contributed by atoms with E-state index in [1.165, 1.54) is 5.56 Å². The van der Waals surface area contributed by atoms with Crippen molar-refractivity contribution in [2.75, 3.05) is 26.2 Å². The van der Waals surface area contributed by atoms with E-state index in [4.69, 9.17) is 4.74 Å². The quantitative estimate of drug-likeness (QED) is 0.498. The Labute approximate surface area is 160 Å². The van der Waals surface area contributed by atoms with Crippen molar-refractivity contribution in [2.24, 2.45) is 0 Å². The summed E-state index contributed by atoms with van der Waals surface area (Å²) in [4.78, 5) is 13.8. The number of rotatable bonds is 14. The lowest BCUT2D eigenvalue weighted by Gasteiger charge is -2.27. The standard InChI is InChI=1S/C22H38N2O2/c1-5-8-15-24(19(4)25)18-21(7-3)23-14-13-20-11-10-12-22(17-20)26-16-9-6-2/h10-12,17,21,23H,5-9,13-16,18H2,1-4H3. The van der Waals surface area contributed by atoms with Crippen LogP contribution in [0.2, 0.25) is 0 Å². The van der Waals surface area contributed by atoms with E-state index in [1.54, 1.807) is 6.92 Å². The summed E-state index contributed by atoms with van der Waals surface area (Å²) >= 11 is 0. The molecule has 26 heavy (non-hydrogen) atoms. The lowest BCUT2D eigenvalue weighted by atomic mass is 10.1. The van der Waals surface area contributed by atoms with Crippen LogP contribution in [0.15, 0.2) is 24.3 Å². The van der Waals surface area contributed by atoms with Gasteiger partial charge in [0.1, 0.15) is 5.75 Å². The highest BCUT2D eigenvalue weighted by Gasteiger charge is 2.14. The summed E-state index contributed by atoms with van der Waals surface area (Å²) in [6, 6.07) is 8.73. The number of nitrogens with zero attached hydrogens (tertiary/aromatic N) is 1. The molecule has 1 unspecified atom stereocenters. The predicted octanol–water partition coefficient (Wildman–Crippen LogP) is 4.42. The number of nitrogens with one attached hydrogen (secondary N) is 1. The summed E-state index contributed by atoms with van der Waals surface area (Å²) in [5, 5.41) is 3.62. The van der Waals surface area contributed by atoms with Gasteiger partial charge in [0.15, 0.2) is 0 Å². The van der Waals surface area contributed by atoms with Gasteiger partial charge in [0.05, 0.1) is 6.61 Å². The van der Waals surface area contributed by atoms with E-state index in [1.807, 2.05) is 11.0 Å². The van der Waals surface area contributed by atoms with Crippen LogP contribution in [0.25, 0.3) is 0 Å². The van der Waals surface area contributed by atoms with Gasteiger partial charge < -0.3 is 15.0 Å². The number of unbranched alkanes of at least 4 members (excludes halogenated alkanes) is 2. The third kappa shape index (κ3) is 9.23. The van der Waals surface area contributed by atoms with Gasteiger partial charge in [-0.1, -0.05) is 45.7 Å². The van der Waals surface area contributed by atoms with Crippen molar-refractivity contribution in [3.05, 3.63) is 29.8 Å². The first-order valence-electron chi connectivity index (χ1n) is 10.3. The van der Waals surface area contributed by atoms with Crippen molar-refractivity contribution in [1.29, 1.82) is 0 Å². The van der Waals surface area contributed by atoms with Crippen LogP contribution in [0, 0.1) is 0 Å². The molecule has 1 rings (SSSR count). The second kappa shape index (κ2) is 13.6. The van der Waals surface area contributed by atoms with Crippen LogP contribution in [0.1, 0.15) is 65.4 Å². The minimum atomic E-state index is 0.177. The number of carbonyl (C=O) groups excluding carboxylic acids is 1. The summed E-state index contributed by atoms with van der Waals surface area (Å²) in [6.45, 7) is 11.5. The molecular weight excluding hydrogens is 324 g/mol. The Morgan fingerprint density at radius 1 is 1.19 bits per heavy atom. The Morgan fingerprint density at radius 2 is 1.96 bits per heavy atom. The van der Waals surface area contributed by atoms with Gasteiger partial charge in [-0.05, 0) is 49.9 Å². The van der Waals surface area contributed by atoms with E-state index >= 15 is 0 Å². The average molecular weight is 363 g/mol. The van der Waals surface area contributed by atoms with Gasteiger partial charge in [-0.25, -0.2) is 0 Å². The molecule has 0 aliphatic heterocycles. The molecule has 0 spiro atoms. The maximum Gasteiger partial charge on any atom is 0.219 e.